The first-order chi connectivity index (χ1) is 8.54. The molecule has 0 saturated carbocycles. The van der Waals surface area contributed by atoms with E-state index in [0.29, 0.717) is 5.02 Å². The second-order valence-electron chi connectivity index (χ2n) is 3.74. The average Bonchev–Trinajstić information content (AvgIpc) is 2.28. The van der Waals surface area contributed by atoms with E-state index in [1.807, 2.05) is 0 Å². The van der Waals surface area contributed by atoms with Crippen molar-refractivity contribution in [2.45, 2.75) is 6.42 Å². The van der Waals surface area contributed by atoms with E-state index in [4.69, 9.17) is 11.6 Å². The van der Waals surface area contributed by atoms with Gasteiger partial charge in [0, 0.05) is 18.7 Å². The van der Waals surface area contributed by atoms with Crippen molar-refractivity contribution in [3.8, 4) is 0 Å². The minimum Gasteiger partial charge on any atom is -0.292 e. The molecule has 0 radical (unpaired) electrons. The molecule has 0 aliphatic carbocycles. The van der Waals surface area contributed by atoms with Gasteiger partial charge >= 0.3 is 0 Å². The van der Waals surface area contributed by atoms with E-state index in [9.17, 15) is 13.6 Å². The molecule has 5 heteroatoms. The first-order valence-electron chi connectivity index (χ1n) is 5.14. The molecule has 2 nitrogen and oxygen atoms in total. The van der Waals surface area contributed by atoms with Gasteiger partial charge in [-0.1, -0.05) is 11.6 Å². The minimum atomic E-state index is -0.707. The molecule has 0 unspecified atom stereocenters. The third-order valence-corrected chi connectivity index (χ3v) is 2.52. The van der Waals surface area contributed by atoms with Crippen LogP contribution in [0.3, 0.4) is 0 Å². The Balaban J connectivity index is 2.18. The van der Waals surface area contributed by atoms with Crippen LogP contribution in [0, 0.1) is 11.6 Å². The van der Waals surface area contributed by atoms with Gasteiger partial charge < -0.3 is 0 Å². The number of pyridine rings is 1. The molecule has 0 atom stereocenters. The molecule has 0 saturated heterocycles. The fraction of sp³-hybridized carbons (Fsp3) is 0.0769. The van der Waals surface area contributed by atoms with Gasteiger partial charge in [0.05, 0.1) is 5.02 Å². The van der Waals surface area contributed by atoms with Crippen LogP contribution >= 0.6 is 11.6 Å². The molecule has 1 aromatic heterocycles. The summed E-state index contributed by atoms with van der Waals surface area (Å²) in [6, 6.07) is 6.01. The number of hydrogen-bond donors (Lipinski definition) is 0. The van der Waals surface area contributed by atoms with Crippen LogP contribution in [0.15, 0.2) is 36.5 Å². The Morgan fingerprint density at radius 3 is 2.39 bits per heavy atom. The van der Waals surface area contributed by atoms with Crippen molar-refractivity contribution in [3.05, 3.63) is 64.4 Å². The predicted molar refractivity (Wildman–Crippen MR) is 63.6 cm³/mol. The number of halogens is 3. The monoisotopic (exact) mass is 267 g/mol. The van der Waals surface area contributed by atoms with Crippen LogP contribution in [0.4, 0.5) is 8.78 Å². The zero-order chi connectivity index (χ0) is 13.1. The Bertz CT molecular complexity index is 564. The number of ketones is 1. The maximum atomic E-state index is 12.9. The molecular weight excluding hydrogens is 260 g/mol. The Morgan fingerprint density at radius 1 is 1.17 bits per heavy atom. The number of hydrogen-bond acceptors (Lipinski definition) is 2. The lowest BCUT2D eigenvalue weighted by molar-refractivity contribution is 0.0988. The van der Waals surface area contributed by atoms with E-state index in [1.54, 1.807) is 0 Å². The Morgan fingerprint density at radius 2 is 1.83 bits per heavy atom. The summed E-state index contributed by atoms with van der Waals surface area (Å²) >= 11 is 5.65. The number of rotatable bonds is 3. The van der Waals surface area contributed by atoms with Crippen molar-refractivity contribution in [1.29, 1.82) is 0 Å². The topological polar surface area (TPSA) is 30.0 Å². The zero-order valence-electron chi connectivity index (χ0n) is 9.16. The second-order valence-corrected chi connectivity index (χ2v) is 4.18. The standard InChI is InChI=1S/C13H8ClF2NO/c14-9-1-2-12(17-7-9)13(18)5-8-3-10(15)6-11(16)4-8/h1-4,6-7H,5H2. The van der Waals surface area contributed by atoms with E-state index in [0.717, 1.165) is 18.2 Å². The highest BCUT2D eigenvalue weighted by Gasteiger charge is 2.10. The average molecular weight is 268 g/mol. The molecule has 0 aliphatic heterocycles. The number of Topliss-reactive ketones (excluding diaryl/α,β-unsaturated/α-hetero) is 1. The lowest BCUT2D eigenvalue weighted by atomic mass is 10.1. The largest absolute Gasteiger partial charge is 0.292 e. The third-order valence-electron chi connectivity index (χ3n) is 2.30. The molecule has 0 bridgehead atoms. The van der Waals surface area contributed by atoms with E-state index >= 15 is 0 Å². The first-order valence-corrected chi connectivity index (χ1v) is 5.52. The van der Waals surface area contributed by atoms with Gasteiger partial charge in [-0.2, -0.15) is 0 Å². The first kappa shape index (κ1) is 12.6. The summed E-state index contributed by atoms with van der Waals surface area (Å²) in [7, 11) is 0. The van der Waals surface area contributed by atoms with E-state index in [1.165, 1.54) is 18.3 Å². The SMILES string of the molecule is O=C(Cc1cc(F)cc(F)c1)c1ccc(Cl)cn1. The molecule has 2 rings (SSSR count). The van der Waals surface area contributed by atoms with Crippen LogP contribution in [-0.4, -0.2) is 10.8 Å². The van der Waals surface area contributed by atoms with Crippen LogP contribution in [0.5, 0.6) is 0 Å². The minimum absolute atomic E-state index is 0.108. The highest BCUT2D eigenvalue weighted by molar-refractivity contribution is 6.30. The summed E-state index contributed by atoms with van der Waals surface area (Å²) < 4.78 is 25.9. The maximum absolute atomic E-state index is 12.9. The molecule has 1 heterocycles. The number of aromatic nitrogens is 1. The fourth-order valence-corrected chi connectivity index (χ4v) is 1.64. The van der Waals surface area contributed by atoms with Crippen LogP contribution in [0.2, 0.25) is 5.02 Å². The van der Waals surface area contributed by atoms with Gasteiger partial charge in [-0.15, -0.1) is 0 Å². The van der Waals surface area contributed by atoms with Gasteiger partial charge in [-0.05, 0) is 29.8 Å². The number of nitrogens with zero attached hydrogens (tertiary/aromatic N) is 1. The van der Waals surface area contributed by atoms with Gasteiger partial charge in [0.25, 0.3) is 0 Å². The molecule has 0 aliphatic rings. The lowest BCUT2D eigenvalue weighted by Gasteiger charge is -2.02. The van der Waals surface area contributed by atoms with Crippen molar-refractivity contribution < 1.29 is 13.6 Å². The number of carbonyl (C=O) groups is 1. The quantitative estimate of drug-likeness (QED) is 0.798. The second kappa shape index (κ2) is 5.23. The Hall–Kier alpha value is -1.81. The zero-order valence-corrected chi connectivity index (χ0v) is 9.92. The molecule has 0 amide bonds. The van der Waals surface area contributed by atoms with Gasteiger partial charge in [-0.25, -0.2) is 8.78 Å². The molecule has 0 spiro atoms. The summed E-state index contributed by atoms with van der Waals surface area (Å²) in [5, 5.41) is 0.420. The van der Waals surface area contributed by atoms with Crippen LogP contribution < -0.4 is 0 Å². The molecule has 1 aromatic carbocycles. The number of carbonyl (C=O) groups excluding carboxylic acids is 1. The van der Waals surface area contributed by atoms with E-state index in [-0.39, 0.29) is 23.5 Å². The van der Waals surface area contributed by atoms with Gasteiger partial charge in [0.15, 0.2) is 5.78 Å². The van der Waals surface area contributed by atoms with Gasteiger partial charge in [-0.3, -0.25) is 9.78 Å². The summed E-state index contributed by atoms with van der Waals surface area (Å²) in [4.78, 5) is 15.6. The summed E-state index contributed by atoms with van der Waals surface area (Å²) in [6.07, 6.45) is 1.24. The van der Waals surface area contributed by atoms with E-state index in [2.05, 4.69) is 4.98 Å². The summed E-state index contributed by atoms with van der Waals surface area (Å²) in [6.45, 7) is 0. The van der Waals surface area contributed by atoms with Gasteiger partial charge in [0.1, 0.15) is 17.3 Å². The van der Waals surface area contributed by atoms with Crippen molar-refractivity contribution in [1.82, 2.24) is 4.98 Å². The van der Waals surface area contributed by atoms with Gasteiger partial charge in [0.2, 0.25) is 0 Å². The molecule has 0 fully saturated rings. The summed E-state index contributed by atoms with van der Waals surface area (Å²) in [5.41, 5.74) is 0.485. The van der Waals surface area contributed by atoms with Crippen molar-refractivity contribution in [2.24, 2.45) is 0 Å². The smallest absolute Gasteiger partial charge is 0.185 e. The highest BCUT2D eigenvalue weighted by Crippen LogP contribution is 2.12. The van der Waals surface area contributed by atoms with Crippen LogP contribution in [0.1, 0.15) is 16.1 Å². The predicted octanol–water partition coefficient (Wildman–Crippen LogP) is 3.44. The molecular formula is C13H8ClF2NO. The van der Waals surface area contributed by atoms with Crippen molar-refractivity contribution in [3.63, 3.8) is 0 Å². The van der Waals surface area contributed by atoms with E-state index < -0.39 is 11.6 Å². The van der Waals surface area contributed by atoms with Crippen LogP contribution in [0.25, 0.3) is 0 Å². The lowest BCUT2D eigenvalue weighted by Crippen LogP contribution is -2.06. The molecule has 0 N–H and O–H groups in total. The molecule has 18 heavy (non-hydrogen) atoms. The third kappa shape index (κ3) is 3.11. The normalized spacial score (nSPS) is 10.4. The van der Waals surface area contributed by atoms with Crippen LogP contribution in [-0.2, 0) is 6.42 Å². The molecule has 92 valence electrons. The highest BCUT2D eigenvalue weighted by atomic mass is 35.5. The summed E-state index contributed by atoms with van der Waals surface area (Å²) in [5.74, 6) is -1.74. The van der Waals surface area contributed by atoms with Crippen molar-refractivity contribution >= 4 is 17.4 Å². The Labute approximate surface area is 107 Å². The Kier molecular flexibility index (Phi) is 3.67. The fourth-order valence-electron chi connectivity index (χ4n) is 1.53. The van der Waals surface area contributed by atoms with Crippen molar-refractivity contribution in [2.75, 3.05) is 0 Å². The maximum Gasteiger partial charge on any atom is 0.185 e. The molecule has 2 aromatic rings. The number of benzene rings is 1.